The molecule has 2 N–H and O–H groups in total. The predicted octanol–water partition coefficient (Wildman–Crippen LogP) is 2.16. The number of carbonyl (C=O) groups is 1. The van der Waals surface area contributed by atoms with E-state index in [9.17, 15) is 4.79 Å². The predicted molar refractivity (Wildman–Crippen MR) is 81.4 cm³/mol. The Balaban J connectivity index is 2.09. The second-order valence-electron chi connectivity index (χ2n) is 5.32. The zero-order valence-corrected chi connectivity index (χ0v) is 12.4. The highest BCUT2D eigenvalue weighted by molar-refractivity contribution is 5.89. The number of hydrogen-bond acceptors (Lipinski definition) is 4. The van der Waals surface area contributed by atoms with Crippen molar-refractivity contribution in [3.05, 3.63) is 18.2 Å². The monoisotopic (exact) mass is 277 g/mol. The molecule has 1 aliphatic rings. The Hall–Kier alpha value is -1.75. The van der Waals surface area contributed by atoms with Crippen molar-refractivity contribution in [1.29, 1.82) is 0 Å². The van der Waals surface area contributed by atoms with E-state index in [4.69, 9.17) is 4.74 Å². The number of rotatable bonds is 4. The molecule has 1 aromatic carbocycles. The summed E-state index contributed by atoms with van der Waals surface area (Å²) >= 11 is 0. The summed E-state index contributed by atoms with van der Waals surface area (Å²) in [6, 6.07) is 6.11. The molecule has 0 saturated carbocycles. The topological polar surface area (TPSA) is 53.6 Å². The number of hydrogen-bond donors (Lipinski definition) is 2. The number of anilines is 2. The Morgan fingerprint density at radius 2 is 2.05 bits per heavy atom. The summed E-state index contributed by atoms with van der Waals surface area (Å²) in [5.41, 5.74) is 1.72. The van der Waals surface area contributed by atoms with Crippen molar-refractivity contribution in [2.75, 3.05) is 37.9 Å². The molecule has 5 nitrogen and oxygen atoms in total. The number of amides is 1. The van der Waals surface area contributed by atoms with Gasteiger partial charge in [-0.3, -0.25) is 4.79 Å². The van der Waals surface area contributed by atoms with Gasteiger partial charge in [0.15, 0.2) is 0 Å². The number of nitrogens with zero attached hydrogens (tertiary/aromatic N) is 1. The molecular formula is C15H23N3O2. The van der Waals surface area contributed by atoms with E-state index < -0.39 is 0 Å². The summed E-state index contributed by atoms with van der Waals surface area (Å²) in [4.78, 5) is 13.5. The van der Waals surface area contributed by atoms with E-state index in [2.05, 4.69) is 22.6 Å². The number of nitrogens with one attached hydrogen (secondary N) is 2. The van der Waals surface area contributed by atoms with E-state index in [0.29, 0.717) is 6.04 Å². The molecule has 20 heavy (non-hydrogen) atoms. The van der Waals surface area contributed by atoms with E-state index in [-0.39, 0.29) is 5.91 Å². The van der Waals surface area contributed by atoms with Crippen LogP contribution < -0.4 is 15.4 Å². The lowest BCUT2D eigenvalue weighted by Gasteiger charge is -2.30. The molecular weight excluding hydrogens is 254 g/mol. The number of benzene rings is 1. The maximum atomic E-state index is 11.1. The van der Waals surface area contributed by atoms with Crippen LogP contribution in [0.3, 0.4) is 0 Å². The zero-order chi connectivity index (χ0) is 14.5. The highest BCUT2D eigenvalue weighted by Gasteiger charge is 2.17. The third-order valence-corrected chi connectivity index (χ3v) is 3.60. The van der Waals surface area contributed by atoms with Gasteiger partial charge in [0, 0.05) is 18.7 Å². The second kappa shape index (κ2) is 6.61. The first-order valence-corrected chi connectivity index (χ1v) is 6.99. The maximum Gasteiger partial charge on any atom is 0.221 e. The molecule has 1 aromatic rings. The molecule has 0 atom stereocenters. The van der Waals surface area contributed by atoms with Crippen LogP contribution in [0.15, 0.2) is 18.2 Å². The molecule has 0 aromatic heterocycles. The Morgan fingerprint density at radius 3 is 2.65 bits per heavy atom. The van der Waals surface area contributed by atoms with Gasteiger partial charge in [-0.2, -0.15) is 0 Å². The fraction of sp³-hybridized carbons (Fsp3) is 0.533. The van der Waals surface area contributed by atoms with Crippen LogP contribution in [0.2, 0.25) is 0 Å². The van der Waals surface area contributed by atoms with Gasteiger partial charge in [-0.1, -0.05) is 0 Å². The van der Waals surface area contributed by atoms with Gasteiger partial charge in [-0.25, -0.2) is 0 Å². The Kier molecular flexibility index (Phi) is 4.84. The molecule has 0 unspecified atom stereocenters. The molecule has 0 radical (unpaired) electrons. The van der Waals surface area contributed by atoms with E-state index in [1.54, 1.807) is 7.11 Å². The van der Waals surface area contributed by atoms with Gasteiger partial charge in [-0.05, 0) is 51.2 Å². The normalized spacial score (nSPS) is 16.8. The summed E-state index contributed by atoms with van der Waals surface area (Å²) in [7, 11) is 3.81. The van der Waals surface area contributed by atoms with E-state index >= 15 is 0 Å². The molecule has 1 fully saturated rings. The summed E-state index contributed by atoms with van der Waals surface area (Å²) in [5, 5.41) is 6.33. The molecule has 5 heteroatoms. The second-order valence-corrected chi connectivity index (χ2v) is 5.32. The van der Waals surface area contributed by atoms with E-state index in [0.717, 1.165) is 43.1 Å². The lowest BCUT2D eigenvalue weighted by Crippen LogP contribution is -2.36. The lowest BCUT2D eigenvalue weighted by molar-refractivity contribution is -0.114. The van der Waals surface area contributed by atoms with Crippen molar-refractivity contribution in [3.63, 3.8) is 0 Å². The minimum Gasteiger partial charge on any atom is -0.495 e. The SMILES string of the molecule is COc1ccc(NC(C)=O)cc1NC1CCN(C)CC1. The lowest BCUT2D eigenvalue weighted by atomic mass is 10.0. The summed E-state index contributed by atoms with van der Waals surface area (Å²) in [6.45, 7) is 3.71. The molecule has 1 aliphatic heterocycles. The van der Waals surface area contributed by atoms with Crippen molar-refractivity contribution in [1.82, 2.24) is 4.90 Å². The Labute approximate surface area is 120 Å². The third kappa shape index (κ3) is 3.87. The zero-order valence-electron chi connectivity index (χ0n) is 12.4. The Morgan fingerprint density at radius 1 is 1.35 bits per heavy atom. The quantitative estimate of drug-likeness (QED) is 0.885. The first-order valence-electron chi connectivity index (χ1n) is 6.99. The van der Waals surface area contributed by atoms with Crippen molar-refractivity contribution in [2.24, 2.45) is 0 Å². The average molecular weight is 277 g/mol. The summed E-state index contributed by atoms with van der Waals surface area (Å²) < 4.78 is 5.38. The molecule has 1 amide bonds. The van der Waals surface area contributed by atoms with Gasteiger partial charge in [0.1, 0.15) is 5.75 Å². The van der Waals surface area contributed by atoms with Crippen LogP contribution in [-0.4, -0.2) is 44.1 Å². The number of piperidine rings is 1. The van der Waals surface area contributed by atoms with Gasteiger partial charge in [0.2, 0.25) is 5.91 Å². The fourth-order valence-electron chi connectivity index (χ4n) is 2.47. The number of ether oxygens (including phenoxy) is 1. The van der Waals surface area contributed by atoms with Gasteiger partial charge >= 0.3 is 0 Å². The van der Waals surface area contributed by atoms with Crippen LogP contribution in [0, 0.1) is 0 Å². The van der Waals surface area contributed by atoms with Crippen molar-refractivity contribution in [2.45, 2.75) is 25.8 Å². The largest absolute Gasteiger partial charge is 0.495 e. The van der Waals surface area contributed by atoms with Crippen LogP contribution in [0.1, 0.15) is 19.8 Å². The van der Waals surface area contributed by atoms with Gasteiger partial charge in [-0.15, -0.1) is 0 Å². The third-order valence-electron chi connectivity index (χ3n) is 3.60. The van der Waals surface area contributed by atoms with E-state index in [1.165, 1.54) is 6.92 Å². The van der Waals surface area contributed by atoms with Gasteiger partial charge in [0.05, 0.1) is 12.8 Å². The molecule has 2 rings (SSSR count). The molecule has 0 aliphatic carbocycles. The number of likely N-dealkylation sites (tertiary alicyclic amines) is 1. The van der Waals surface area contributed by atoms with Crippen LogP contribution in [-0.2, 0) is 4.79 Å². The number of methoxy groups -OCH3 is 1. The van der Waals surface area contributed by atoms with Crippen molar-refractivity contribution in [3.8, 4) is 5.75 Å². The summed E-state index contributed by atoms with van der Waals surface area (Å²) in [5.74, 6) is 0.735. The van der Waals surface area contributed by atoms with Crippen LogP contribution in [0.4, 0.5) is 11.4 Å². The maximum absolute atomic E-state index is 11.1. The minimum absolute atomic E-state index is 0.0691. The van der Waals surface area contributed by atoms with Crippen LogP contribution >= 0.6 is 0 Å². The minimum atomic E-state index is -0.0691. The highest BCUT2D eigenvalue weighted by Crippen LogP contribution is 2.29. The molecule has 1 saturated heterocycles. The molecule has 110 valence electrons. The molecule has 0 bridgehead atoms. The first kappa shape index (κ1) is 14.7. The van der Waals surface area contributed by atoms with Gasteiger partial charge in [0.25, 0.3) is 0 Å². The molecule has 0 spiro atoms. The van der Waals surface area contributed by atoms with Crippen LogP contribution in [0.25, 0.3) is 0 Å². The Bertz CT molecular complexity index is 468. The molecule has 1 heterocycles. The van der Waals surface area contributed by atoms with Crippen molar-refractivity contribution >= 4 is 17.3 Å². The standard InChI is InChI=1S/C15H23N3O2/c1-11(19)16-13-4-5-15(20-3)14(10-13)17-12-6-8-18(2)9-7-12/h4-5,10,12,17H,6-9H2,1-3H3,(H,16,19). The first-order chi connectivity index (χ1) is 9.58. The van der Waals surface area contributed by atoms with Crippen LogP contribution in [0.5, 0.6) is 5.75 Å². The summed E-state index contributed by atoms with van der Waals surface area (Å²) in [6.07, 6.45) is 2.23. The fourth-order valence-corrected chi connectivity index (χ4v) is 2.47. The smallest absolute Gasteiger partial charge is 0.221 e. The number of carbonyl (C=O) groups excluding carboxylic acids is 1. The van der Waals surface area contributed by atoms with E-state index in [1.807, 2.05) is 18.2 Å². The van der Waals surface area contributed by atoms with Gasteiger partial charge < -0.3 is 20.3 Å². The average Bonchev–Trinajstić information content (AvgIpc) is 2.41. The van der Waals surface area contributed by atoms with Crippen molar-refractivity contribution < 1.29 is 9.53 Å². The highest BCUT2D eigenvalue weighted by atomic mass is 16.5.